The predicted octanol–water partition coefficient (Wildman–Crippen LogP) is 3.81. The summed E-state index contributed by atoms with van der Waals surface area (Å²) in [7, 11) is 0. The van der Waals surface area contributed by atoms with Gasteiger partial charge in [-0.25, -0.2) is 0 Å². The van der Waals surface area contributed by atoms with E-state index < -0.39 is 0 Å². The van der Waals surface area contributed by atoms with Crippen LogP contribution in [0.25, 0.3) is 22.1 Å². The van der Waals surface area contributed by atoms with Gasteiger partial charge in [0.05, 0.1) is 0 Å². The number of hydrogen-bond acceptors (Lipinski definition) is 2. The van der Waals surface area contributed by atoms with Gasteiger partial charge < -0.3 is 19.9 Å². The molecule has 0 bridgehead atoms. The van der Waals surface area contributed by atoms with E-state index in [9.17, 15) is 0 Å². The van der Waals surface area contributed by atoms with E-state index in [1.54, 1.807) is 0 Å². The van der Waals surface area contributed by atoms with E-state index in [4.69, 9.17) is 0 Å². The molecule has 2 aromatic heterocycles. The van der Waals surface area contributed by atoms with Crippen molar-refractivity contribution >= 4 is 51.9 Å². The van der Waals surface area contributed by atoms with Crippen molar-refractivity contribution in [3.63, 3.8) is 0 Å². The summed E-state index contributed by atoms with van der Waals surface area (Å²) in [6.45, 7) is 3.81. The number of hydrogen-bond donors (Lipinski definition) is 0. The molecule has 0 unspecified atom stereocenters. The fraction of sp³-hybridized carbons (Fsp3) is 0.118. The molecule has 2 heterocycles. The van der Waals surface area contributed by atoms with Crippen LogP contribution in [-0.2, 0) is 18.7 Å². The molecule has 0 fully saturated rings. The molecule has 0 saturated carbocycles. The van der Waals surface area contributed by atoms with Crippen LogP contribution >= 0.6 is 24.8 Å². The van der Waals surface area contributed by atoms with Crippen LogP contribution in [0.4, 0.5) is 0 Å². The van der Waals surface area contributed by atoms with Gasteiger partial charge in [-0.2, -0.15) is 0 Å². The van der Waals surface area contributed by atoms with E-state index in [2.05, 4.69) is 43.7 Å². The Bertz CT molecular complexity index is 735. The molecule has 0 aliphatic carbocycles. The number of benzene rings is 2. The summed E-state index contributed by atoms with van der Waals surface area (Å²) in [4.78, 5) is 19.9. The third-order valence-electron chi connectivity index (χ3n) is 2.89. The van der Waals surface area contributed by atoms with Gasteiger partial charge in [-0.1, -0.05) is 60.2 Å². The number of fused-ring (bicyclic) bond motifs is 2. The Morgan fingerprint density at radius 1 is 0.708 bits per heavy atom. The normalized spacial score (nSPS) is 9.00. The first-order valence-corrected chi connectivity index (χ1v) is 7.77. The van der Waals surface area contributed by atoms with Gasteiger partial charge in [0.15, 0.2) is 0 Å². The maximum absolute atomic E-state index is 4.20. The first kappa shape index (κ1) is 22.5. The maximum atomic E-state index is 4.20. The minimum atomic E-state index is 0. The Morgan fingerprint density at radius 3 is 1.38 bits per heavy atom. The number of halogens is 2. The average molecular weight is 456 g/mol. The van der Waals surface area contributed by atoms with Gasteiger partial charge in [0, 0.05) is 0 Å². The van der Waals surface area contributed by atoms with Crippen LogP contribution in [0.2, 0.25) is 0 Å². The Morgan fingerprint density at radius 2 is 1.04 bits per heavy atom. The second-order valence-corrected chi connectivity index (χ2v) is 4.52. The molecule has 0 spiro atoms. The predicted molar refractivity (Wildman–Crippen MR) is 101 cm³/mol. The Labute approximate surface area is 164 Å². The van der Waals surface area contributed by atoms with Crippen molar-refractivity contribution in [2.45, 2.75) is 13.8 Å². The SMILES string of the molecule is Cc1nc2ccccc2[n-]1.Cc1nc2ccccc2[n-]1.Cl.Cl.[CH2]=[Pd]. The van der Waals surface area contributed by atoms with E-state index in [0.29, 0.717) is 0 Å². The number of rotatable bonds is 0. The number of nitrogens with zero attached hydrogens (tertiary/aromatic N) is 4. The quantitative estimate of drug-likeness (QED) is 0.378. The summed E-state index contributed by atoms with van der Waals surface area (Å²) in [5.41, 5.74) is 3.94. The summed E-state index contributed by atoms with van der Waals surface area (Å²) in [6, 6.07) is 15.7. The molecular weight excluding hydrogens is 438 g/mol. The second kappa shape index (κ2) is 11.1. The van der Waals surface area contributed by atoms with E-state index in [0.717, 1.165) is 33.7 Å². The van der Waals surface area contributed by atoms with Crippen LogP contribution in [0.1, 0.15) is 11.6 Å². The molecule has 0 amide bonds. The van der Waals surface area contributed by atoms with Crippen LogP contribution in [0.5, 0.6) is 0 Å². The van der Waals surface area contributed by atoms with Crippen LogP contribution in [0, 0.1) is 13.8 Å². The van der Waals surface area contributed by atoms with Crippen LogP contribution < -0.4 is 9.97 Å². The summed E-state index contributed by atoms with van der Waals surface area (Å²) in [5.74, 6) is 1.70. The molecule has 0 radical (unpaired) electrons. The van der Waals surface area contributed by atoms with E-state index >= 15 is 0 Å². The topological polar surface area (TPSA) is 54.0 Å². The van der Waals surface area contributed by atoms with Gasteiger partial charge in [0.2, 0.25) is 0 Å². The van der Waals surface area contributed by atoms with E-state index in [1.165, 1.54) is 0 Å². The zero-order valence-corrected chi connectivity index (χ0v) is 16.4. The molecular formula is C17H18Cl2N4Pd-2. The van der Waals surface area contributed by atoms with Crippen molar-refractivity contribution in [1.29, 1.82) is 0 Å². The van der Waals surface area contributed by atoms with Gasteiger partial charge in [-0.3, -0.25) is 0 Å². The van der Waals surface area contributed by atoms with Crippen LogP contribution in [-0.4, -0.2) is 15.0 Å². The van der Waals surface area contributed by atoms with E-state index in [1.807, 2.05) is 62.4 Å². The molecule has 4 rings (SSSR count). The van der Waals surface area contributed by atoms with Gasteiger partial charge >= 0.3 is 23.7 Å². The Balaban J connectivity index is 0.000000372. The van der Waals surface area contributed by atoms with E-state index in [-0.39, 0.29) is 24.8 Å². The van der Waals surface area contributed by atoms with Crippen molar-refractivity contribution in [2.24, 2.45) is 0 Å². The van der Waals surface area contributed by atoms with Gasteiger partial charge in [0.25, 0.3) is 0 Å². The first-order chi connectivity index (χ1) is 10.7. The average Bonchev–Trinajstić information content (AvgIpc) is 3.10. The first-order valence-electron chi connectivity index (χ1n) is 6.67. The van der Waals surface area contributed by atoms with Crippen molar-refractivity contribution in [3.8, 4) is 0 Å². The van der Waals surface area contributed by atoms with Gasteiger partial charge in [-0.15, -0.1) is 24.8 Å². The van der Waals surface area contributed by atoms with Crippen molar-refractivity contribution < 1.29 is 18.7 Å². The third kappa shape index (κ3) is 5.85. The molecule has 2 aromatic carbocycles. The van der Waals surface area contributed by atoms with Crippen LogP contribution in [0.3, 0.4) is 0 Å². The fourth-order valence-corrected chi connectivity index (χ4v) is 2.05. The number of para-hydroxylation sites is 4. The van der Waals surface area contributed by atoms with Crippen molar-refractivity contribution in [1.82, 2.24) is 19.9 Å². The van der Waals surface area contributed by atoms with Gasteiger partial charge in [-0.05, 0) is 35.9 Å². The Hall–Kier alpha value is -1.51. The number of imidazole rings is 2. The zero-order valence-electron chi connectivity index (χ0n) is 13.2. The summed E-state index contributed by atoms with van der Waals surface area (Å²) in [5, 5.41) is 0. The molecule has 132 valence electrons. The molecule has 0 aliphatic rings. The van der Waals surface area contributed by atoms with Crippen molar-refractivity contribution in [3.05, 3.63) is 60.2 Å². The zero-order chi connectivity index (χ0) is 15.9. The molecule has 24 heavy (non-hydrogen) atoms. The van der Waals surface area contributed by atoms with Crippen LogP contribution in [0.15, 0.2) is 48.5 Å². The minimum absolute atomic E-state index is 0. The molecule has 4 aromatic rings. The molecule has 4 nitrogen and oxygen atoms in total. The second-order valence-electron chi connectivity index (χ2n) is 4.52. The fourth-order valence-electron chi connectivity index (χ4n) is 2.05. The summed E-state index contributed by atoms with van der Waals surface area (Å²) in [6.07, 6.45) is 0. The number of aryl methyl sites for hydroxylation is 2. The summed E-state index contributed by atoms with van der Waals surface area (Å²) < 4.78 is 0. The van der Waals surface area contributed by atoms with Crippen molar-refractivity contribution in [2.75, 3.05) is 0 Å². The monoisotopic (exact) mass is 454 g/mol. The molecule has 0 aliphatic heterocycles. The molecule has 0 atom stereocenters. The number of aromatic nitrogens is 4. The standard InChI is InChI=1S/2C8H7N2.CH2.2ClH.Pd/c2*1-6-9-7-4-2-3-5-8(7)10-6;;;;/h2*2-5H,1H3;1H2;2*1H;/q2*-1;;;;. The molecule has 7 heteroatoms. The summed E-state index contributed by atoms with van der Waals surface area (Å²) >= 11 is 2.50. The molecule has 0 saturated heterocycles. The van der Waals surface area contributed by atoms with Gasteiger partial charge in [0.1, 0.15) is 0 Å². The third-order valence-corrected chi connectivity index (χ3v) is 2.89. The molecule has 0 N–H and O–H groups in total. The Kier molecular flexibility index (Phi) is 10.4.